The Hall–Kier alpha value is -0.810. The van der Waals surface area contributed by atoms with Crippen LogP contribution in [0.5, 0.6) is 0 Å². The first-order valence-electron chi connectivity index (χ1n) is 8.78. The molecule has 0 radical (unpaired) electrons. The number of nitrogens with zero attached hydrogens (tertiary/aromatic N) is 2. The maximum absolute atomic E-state index is 9.67. The van der Waals surface area contributed by atoms with E-state index in [1.54, 1.807) is 0 Å². The molecule has 1 aliphatic carbocycles. The van der Waals surface area contributed by atoms with Gasteiger partial charge in [-0.2, -0.15) is 0 Å². The largest absolute Gasteiger partial charge is 0.396 e. The van der Waals surface area contributed by atoms with Crippen LogP contribution in [0, 0.1) is 11.3 Å². The molecule has 1 rings (SSSR count). The Morgan fingerprint density at radius 1 is 1.32 bits per heavy atom. The normalized spacial score (nSPS) is 16.0. The van der Waals surface area contributed by atoms with Gasteiger partial charge in [0.05, 0.1) is 19.8 Å². The number of aliphatic hydroxyl groups excluding tert-OH is 1. The number of rotatable bonds is 11. The average Bonchev–Trinajstić information content (AvgIpc) is 3.36. The predicted molar refractivity (Wildman–Crippen MR) is 92.3 cm³/mol. The van der Waals surface area contributed by atoms with Crippen molar-refractivity contribution in [3.8, 4) is 0 Å². The lowest BCUT2D eigenvalue weighted by Crippen LogP contribution is -2.41. The summed E-state index contributed by atoms with van der Waals surface area (Å²) in [7, 11) is 2.04. The quantitative estimate of drug-likeness (QED) is 0.348. The van der Waals surface area contributed by atoms with E-state index < -0.39 is 0 Å². The summed E-state index contributed by atoms with van der Waals surface area (Å²) in [4.78, 5) is 6.86. The third-order valence-corrected chi connectivity index (χ3v) is 4.72. The van der Waals surface area contributed by atoms with Crippen LogP contribution in [0.2, 0.25) is 0 Å². The molecule has 0 amide bonds. The van der Waals surface area contributed by atoms with Gasteiger partial charge in [0.2, 0.25) is 0 Å². The first kappa shape index (κ1) is 19.2. The monoisotopic (exact) mass is 313 g/mol. The summed E-state index contributed by atoms with van der Waals surface area (Å²) in [5, 5.41) is 13.0. The van der Waals surface area contributed by atoms with Crippen LogP contribution in [-0.4, -0.2) is 62.5 Å². The lowest BCUT2D eigenvalue weighted by atomic mass is 9.83. The molecule has 0 aromatic heterocycles. The Morgan fingerprint density at radius 2 is 2.00 bits per heavy atom. The fraction of sp³-hybridized carbons (Fsp3) is 0.941. The van der Waals surface area contributed by atoms with E-state index in [1.165, 1.54) is 12.8 Å². The molecule has 0 unspecified atom stereocenters. The first-order valence-corrected chi connectivity index (χ1v) is 8.78. The molecule has 0 aromatic carbocycles. The van der Waals surface area contributed by atoms with E-state index in [0.717, 1.165) is 51.0 Å². The highest BCUT2D eigenvalue weighted by molar-refractivity contribution is 5.79. The van der Waals surface area contributed by atoms with Gasteiger partial charge in [-0.15, -0.1) is 0 Å². The molecular weight excluding hydrogens is 278 g/mol. The van der Waals surface area contributed by atoms with Crippen LogP contribution < -0.4 is 5.32 Å². The Labute approximate surface area is 136 Å². The Kier molecular flexibility index (Phi) is 8.79. The first-order chi connectivity index (χ1) is 10.6. The lowest BCUT2D eigenvalue weighted by molar-refractivity contribution is 0.114. The zero-order chi connectivity index (χ0) is 16.4. The zero-order valence-electron chi connectivity index (χ0n) is 14.9. The third kappa shape index (κ3) is 6.53. The second-order valence-electron chi connectivity index (χ2n) is 6.48. The van der Waals surface area contributed by atoms with Crippen molar-refractivity contribution in [2.75, 3.05) is 46.5 Å². The second-order valence-corrected chi connectivity index (χ2v) is 6.48. The van der Waals surface area contributed by atoms with Crippen LogP contribution in [-0.2, 0) is 4.74 Å². The molecule has 1 fully saturated rings. The number of guanidine groups is 1. The number of hydrogen-bond donors (Lipinski definition) is 2. The van der Waals surface area contributed by atoms with Gasteiger partial charge in [0.25, 0.3) is 0 Å². The highest BCUT2D eigenvalue weighted by atomic mass is 16.5. The summed E-state index contributed by atoms with van der Waals surface area (Å²) in [5.74, 6) is 1.71. The van der Waals surface area contributed by atoms with E-state index in [1.807, 2.05) is 7.05 Å². The van der Waals surface area contributed by atoms with Crippen LogP contribution >= 0.6 is 0 Å². The molecule has 2 N–H and O–H groups in total. The average molecular weight is 313 g/mol. The van der Waals surface area contributed by atoms with Gasteiger partial charge in [-0.25, -0.2) is 0 Å². The topological polar surface area (TPSA) is 57.1 Å². The van der Waals surface area contributed by atoms with Crippen LogP contribution in [0.15, 0.2) is 4.99 Å². The molecule has 0 aromatic rings. The Bertz CT molecular complexity index is 318. The SMILES string of the molecule is CCNC(=NCC(CC)(CC)CO)N(C)CCOCC1CC1. The predicted octanol–water partition coefficient (Wildman–Crippen LogP) is 2.11. The van der Waals surface area contributed by atoms with Gasteiger partial charge in [0.1, 0.15) is 0 Å². The minimum Gasteiger partial charge on any atom is -0.396 e. The fourth-order valence-corrected chi connectivity index (χ4v) is 2.30. The number of ether oxygens (including phenoxy) is 1. The molecule has 5 nitrogen and oxygen atoms in total. The smallest absolute Gasteiger partial charge is 0.193 e. The molecule has 0 saturated heterocycles. The highest BCUT2D eigenvalue weighted by Gasteiger charge is 2.25. The number of aliphatic hydroxyl groups is 1. The summed E-state index contributed by atoms with van der Waals surface area (Å²) in [6.07, 6.45) is 4.54. The van der Waals surface area contributed by atoms with Crippen LogP contribution in [0.3, 0.4) is 0 Å². The van der Waals surface area contributed by atoms with Crippen molar-refractivity contribution in [1.82, 2.24) is 10.2 Å². The molecule has 22 heavy (non-hydrogen) atoms. The molecule has 0 aliphatic heterocycles. The van der Waals surface area contributed by atoms with E-state index in [4.69, 9.17) is 9.73 Å². The molecule has 0 heterocycles. The van der Waals surface area contributed by atoms with Crippen molar-refractivity contribution >= 4 is 5.96 Å². The van der Waals surface area contributed by atoms with Gasteiger partial charge in [-0.3, -0.25) is 4.99 Å². The number of hydrogen-bond acceptors (Lipinski definition) is 3. The Morgan fingerprint density at radius 3 is 2.50 bits per heavy atom. The van der Waals surface area contributed by atoms with Gasteiger partial charge in [0, 0.05) is 32.2 Å². The van der Waals surface area contributed by atoms with E-state index in [9.17, 15) is 5.11 Å². The van der Waals surface area contributed by atoms with Crippen molar-refractivity contribution in [2.24, 2.45) is 16.3 Å². The second kappa shape index (κ2) is 10.1. The summed E-state index contributed by atoms with van der Waals surface area (Å²) >= 11 is 0. The van der Waals surface area contributed by atoms with Gasteiger partial charge in [-0.05, 0) is 38.5 Å². The maximum Gasteiger partial charge on any atom is 0.193 e. The van der Waals surface area contributed by atoms with Crippen LogP contribution in [0.25, 0.3) is 0 Å². The summed E-state index contributed by atoms with van der Waals surface area (Å²) in [6.45, 7) is 10.5. The third-order valence-electron chi connectivity index (χ3n) is 4.72. The number of nitrogens with one attached hydrogen (secondary N) is 1. The van der Waals surface area contributed by atoms with E-state index >= 15 is 0 Å². The van der Waals surface area contributed by atoms with E-state index in [2.05, 4.69) is 31.0 Å². The van der Waals surface area contributed by atoms with Crippen molar-refractivity contribution < 1.29 is 9.84 Å². The van der Waals surface area contributed by atoms with Crippen molar-refractivity contribution in [2.45, 2.75) is 46.5 Å². The highest BCUT2D eigenvalue weighted by Crippen LogP contribution is 2.28. The molecule has 130 valence electrons. The summed E-state index contributed by atoms with van der Waals surface area (Å²) in [5.41, 5.74) is -0.0933. The summed E-state index contributed by atoms with van der Waals surface area (Å²) < 4.78 is 5.70. The van der Waals surface area contributed by atoms with Gasteiger partial charge in [0.15, 0.2) is 5.96 Å². The standard InChI is InChI=1S/C17H35N3O2/c1-5-17(6-2,14-21)13-19-16(18-7-3)20(4)10-11-22-12-15-8-9-15/h15,21H,5-14H2,1-4H3,(H,18,19). The van der Waals surface area contributed by atoms with Crippen LogP contribution in [0.1, 0.15) is 46.5 Å². The van der Waals surface area contributed by atoms with Gasteiger partial charge >= 0.3 is 0 Å². The van der Waals surface area contributed by atoms with E-state index in [-0.39, 0.29) is 12.0 Å². The number of aliphatic imine (C=N–C) groups is 1. The van der Waals surface area contributed by atoms with Crippen molar-refractivity contribution in [3.63, 3.8) is 0 Å². The molecular formula is C17H35N3O2. The molecule has 5 heteroatoms. The number of likely N-dealkylation sites (N-methyl/N-ethyl adjacent to an activating group) is 1. The molecule has 0 atom stereocenters. The zero-order valence-corrected chi connectivity index (χ0v) is 14.9. The summed E-state index contributed by atoms with van der Waals surface area (Å²) in [6, 6.07) is 0. The van der Waals surface area contributed by atoms with Gasteiger partial charge in [-0.1, -0.05) is 13.8 Å². The van der Waals surface area contributed by atoms with Crippen molar-refractivity contribution in [1.29, 1.82) is 0 Å². The molecule has 1 saturated carbocycles. The lowest BCUT2D eigenvalue weighted by Gasteiger charge is -2.29. The molecule has 0 bridgehead atoms. The minimum atomic E-state index is -0.0933. The van der Waals surface area contributed by atoms with Crippen LogP contribution in [0.4, 0.5) is 0 Å². The molecule has 1 aliphatic rings. The Balaban J connectivity index is 2.47. The minimum absolute atomic E-state index is 0.0933. The molecule has 0 spiro atoms. The van der Waals surface area contributed by atoms with Crippen molar-refractivity contribution in [3.05, 3.63) is 0 Å². The fourth-order valence-electron chi connectivity index (χ4n) is 2.30. The van der Waals surface area contributed by atoms with E-state index in [0.29, 0.717) is 6.54 Å². The van der Waals surface area contributed by atoms with Gasteiger partial charge < -0.3 is 20.1 Å². The maximum atomic E-state index is 9.67.